The van der Waals surface area contributed by atoms with Gasteiger partial charge in [-0.15, -0.1) is 0 Å². The summed E-state index contributed by atoms with van der Waals surface area (Å²) in [5, 5.41) is 3.24. The summed E-state index contributed by atoms with van der Waals surface area (Å²) in [4.78, 5) is 19.0. The van der Waals surface area contributed by atoms with Crippen LogP contribution in [0.4, 0.5) is 5.95 Å². The first-order chi connectivity index (χ1) is 10.3. The fraction of sp³-hybridized carbons (Fsp3) is 0.375. The lowest BCUT2D eigenvalue weighted by Gasteiger charge is -2.28. The second kappa shape index (κ2) is 4.91. The van der Waals surface area contributed by atoms with Crippen molar-refractivity contribution in [1.29, 1.82) is 0 Å². The first-order valence-electron chi connectivity index (χ1n) is 7.48. The summed E-state index contributed by atoms with van der Waals surface area (Å²) in [6.45, 7) is 3.32. The van der Waals surface area contributed by atoms with Crippen molar-refractivity contribution in [2.24, 2.45) is 0 Å². The van der Waals surface area contributed by atoms with Gasteiger partial charge in [0.2, 0.25) is 5.95 Å². The zero-order valence-electron chi connectivity index (χ0n) is 11.9. The molecule has 0 fully saturated rings. The lowest BCUT2D eigenvalue weighted by atomic mass is 10.00. The normalized spacial score (nSPS) is 16.9. The summed E-state index contributed by atoms with van der Waals surface area (Å²) >= 11 is 0. The molecule has 2 aliphatic rings. The number of carbonyl (C=O) groups excluding carboxylic acids is 1. The Kier molecular flexibility index (Phi) is 2.91. The van der Waals surface area contributed by atoms with Gasteiger partial charge in [-0.1, -0.05) is 24.3 Å². The van der Waals surface area contributed by atoms with Crippen LogP contribution >= 0.6 is 0 Å². The number of fused-ring (bicyclic) bond motifs is 2. The molecule has 2 aliphatic heterocycles. The quantitative estimate of drug-likeness (QED) is 0.869. The third-order valence-electron chi connectivity index (χ3n) is 4.27. The molecule has 21 heavy (non-hydrogen) atoms. The summed E-state index contributed by atoms with van der Waals surface area (Å²) in [5.41, 5.74) is 3.16. The van der Waals surface area contributed by atoms with E-state index in [0.29, 0.717) is 12.2 Å². The van der Waals surface area contributed by atoms with Crippen LogP contribution in [0.15, 0.2) is 30.5 Å². The van der Waals surface area contributed by atoms with Gasteiger partial charge in [-0.2, -0.15) is 0 Å². The zero-order valence-corrected chi connectivity index (χ0v) is 11.9. The highest BCUT2D eigenvalue weighted by Crippen LogP contribution is 2.21. The summed E-state index contributed by atoms with van der Waals surface area (Å²) in [6, 6.07) is 8.35. The number of nitrogens with zero attached hydrogens (tertiary/aromatic N) is 3. The molecule has 5 nitrogen and oxygen atoms in total. The van der Waals surface area contributed by atoms with Gasteiger partial charge in [-0.05, 0) is 24.0 Å². The van der Waals surface area contributed by atoms with E-state index in [9.17, 15) is 4.79 Å². The first kappa shape index (κ1) is 12.4. The lowest BCUT2D eigenvalue weighted by Crippen LogP contribution is -2.36. The number of rotatable bonds is 1. The van der Waals surface area contributed by atoms with Crippen LogP contribution in [0.5, 0.6) is 0 Å². The number of imidazole rings is 1. The van der Waals surface area contributed by atoms with Crippen LogP contribution in [0, 0.1) is 0 Å². The van der Waals surface area contributed by atoms with E-state index in [0.717, 1.165) is 38.4 Å². The van der Waals surface area contributed by atoms with Gasteiger partial charge in [0, 0.05) is 32.4 Å². The molecule has 0 saturated heterocycles. The largest absolute Gasteiger partial charge is 0.356 e. The minimum Gasteiger partial charge on any atom is -0.356 e. The third-order valence-corrected chi connectivity index (χ3v) is 4.27. The average Bonchev–Trinajstić information content (AvgIpc) is 2.97. The van der Waals surface area contributed by atoms with Gasteiger partial charge < -0.3 is 14.8 Å². The Morgan fingerprint density at radius 3 is 2.90 bits per heavy atom. The van der Waals surface area contributed by atoms with E-state index in [4.69, 9.17) is 0 Å². The molecule has 0 radical (unpaired) electrons. The predicted octanol–water partition coefficient (Wildman–Crippen LogP) is 1.90. The number of nitrogens with one attached hydrogen (secondary N) is 1. The summed E-state index contributed by atoms with van der Waals surface area (Å²) in [6.07, 6.45) is 3.88. The molecule has 0 bridgehead atoms. The molecule has 108 valence electrons. The van der Waals surface area contributed by atoms with E-state index in [1.807, 2.05) is 21.7 Å². The number of aromatic nitrogens is 2. The molecule has 1 N–H and O–H groups in total. The number of hydrogen-bond donors (Lipinski definition) is 1. The maximum Gasteiger partial charge on any atom is 0.274 e. The zero-order chi connectivity index (χ0) is 14.2. The molecule has 0 atom stereocenters. The molecule has 0 aliphatic carbocycles. The summed E-state index contributed by atoms with van der Waals surface area (Å²) < 4.78 is 2.04. The van der Waals surface area contributed by atoms with Crippen molar-refractivity contribution in [1.82, 2.24) is 14.5 Å². The van der Waals surface area contributed by atoms with Crippen molar-refractivity contribution in [3.8, 4) is 0 Å². The van der Waals surface area contributed by atoms with Gasteiger partial charge in [-0.25, -0.2) is 4.98 Å². The maximum atomic E-state index is 12.6. The monoisotopic (exact) mass is 282 g/mol. The maximum absolute atomic E-state index is 12.6. The smallest absolute Gasteiger partial charge is 0.274 e. The van der Waals surface area contributed by atoms with Crippen LogP contribution in [0.25, 0.3) is 0 Å². The lowest BCUT2D eigenvalue weighted by molar-refractivity contribution is 0.0729. The molecular formula is C16H18N4O. The SMILES string of the molecule is O=C(c1cn2c(n1)NCCC2)N1CCc2ccccc2C1. The molecule has 0 spiro atoms. The van der Waals surface area contributed by atoms with Crippen LogP contribution in [-0.4, -0.2) is 33.4 Å². The van der Waals surface area contributed by atoms with Gasteiger partial charge in [0.1, 0.15) is 5.69 Å². The van der Waals surface area contributed by atoms with Gasteiger partial charge in [-0.3, -0.25) is 4.79 Å². The Balaban J connectivity index is 1.57. The molecule has 4 rings (SSSR count). The van der Waals surface area contributed by atoms with E-state index in [1.165, 1.54) is 11.1 Å². The van der Waals surface area contributed by atoms with Crippen molar-refractivity contribution in [2.75, 3.05) is 18.4 Å². The minimum atomic E-state index is 0.0354. The number of hydrogen-bond acceptors (Lipinski definition) is 3. The molecule has 0 unspecified atom stereocenters. The number of anilines is 1. The first-order valence-corrected chi connectivity index (χ1v) is 7.48. The van der Waals surface area contributed by atoms with Crippen LogP contribution < -0.4 is 5.32 Å². The topological polar surface area (TPSA) is 50.2 Å². The fourth-order valence-corrected chi connectivity index (χ4v) is 3.11. The molecule has 3 heterocycles. The molecule has 0 saturated carbocycles. The van der Waals surface area contributed by atoms with Crippen LogP contribution in [-0.2, 0) is 19.5 Å². The fourth-order valence-electron chi connectivity index (χ4n) is 3.11. The van der Waals surface area contributed by atoms with Crippen LogP contribution in [0.3, 0.4) is 0 Å². The highest BCUT2D eigenvalue weighted by atomic mass is 16.2. The van der Waals surface area contributed by atoms with Crippen molar-refractivity contribution < 1.29 is 4.79 Å². The van der Waals surface area contributed by atoms with Gasteiger partial charge in [0.05, 0.1) is 0 Å². The molecule has 1 aromatic carbocycles. The average molecular weight is 282 g/mol. The van der Waals surface area contributed by atoms with Gasteiger partial charge in [0.25, 0.3) is 5.91 Å². The van der Waals surface area contributed by atoms with Crippen molar-refractivity contribution >= 4 is 11.9 Å². The van der Waals surface area contributed by atoms with Crippen LogP contribution in [0.2, 0.25) is 0 Å². The highest BCUT2D eigenvalue weighted by molar-refractivity contribution is 5.92. The van der Waals surface area contributed by atoms with E-state index in [2.05, 4.69) is 28.5 Å². The summed E-state index contributed by atoms with van der Waals surface area (Å²) in [5.74, 6) is 0.857. The Morgan fingerprint density at radius 2 is 2.05 bits per heavy atom. The number of aryl methyl sites for hydroxylation is 1. The van der Waals surface area contributed by atoms with Gasteiger partial charge in [0.15, 0.2) is 0 Å². The van der Waals surface area contributed by atoms with E-state index in [-0.39, 0.29) is 5.91 Å². The second-order valence-electron chi connectivity index (χ2n) is 5.67. The highest BCUT2D eigenvalue weighted by Gasteiger charge is 2.24. The molecule has 5 heteroatoms. The Morgan fingerprint density at radius 1 is 1.19 bits per heavy atom. The Labute approximate surface area is 123 Å². The van der Waals surface area contributed by atoms with Crippen molar-refractivity contribution in [3.05, 3.63) is 47.3 Å². The second-order valence-corrected chi connectivity index (χ2v) is 5.67. The van der Waals surface area contributed by atoms with Gasteiger partial charge >= 0.3 is 0 Å². The standard InChI is InChI=1S/C16H18N4O/c21-15(14-11-20-8-3-7-17-16(20)18-14)19-9-6-12-4-1-2-5-13(12)10-19/h1-2,4-5,11H,3,6-10H2,(H,17,18). The van der Waals surface area contributed by atoms with Crippen molar-refractivity contribution in [2.45, 2.75) is 25.9 Å². The number of benzene rings is 1. The van der Waals surface area contributed by atoms with E-state index in [1.54, 1.807) is 0 Å². The van der Waals surface area contributed by atoms with E-state index >= 15 is 0 Å². The minimum absolute atomic E-state index is 0.0354. The molecule has 2 aromatic rings. The molecule has 1 aromatic heterocycles. The molecule has 1 amide bonds. The van der Waals surface area contributed by atoms with E-state index < -0.39 is 0 Å². The Hall–Kier alpha value is -2.30. The third kappa shape index (κ3) is 2.18. The Bertz CT molecular complexity index is 668. The number of amides is 1. The summed E-state index contributed by atoms with van der Waals surface area (Å²) in [7, 11) is 0. The van der Waals surface area contributed by atoms with Crippen molar-refractivity contribution in [3.63, 3.8) is 0 Å². The predicted molar refractivity (Wildman–Crippen MR) is 80.2 cm³/mol. The molecular weight excluding hydrogens is 264 g/mol. The van der Waals surface area contributed by atoms with Crippen LogP contribution in [0.1, 0.15) is 28.0 Å². The number of carbonyl (C=O) groups is 1.